The van der Waals surface area contributed by atoms with Crippen molar-refractivity contribution < 1.29 is 9.32 Å². The quantitative estimate of drug-likeness (QED) is 0.920. The number of hydrogen-bond donors (Lipinski definition) is 1. The standard InChI is InChI=1S/C11H9BrN2O2/c1-7-6-16-14-10(7)11(15)13-9-4-2-8(12)3-5-9/h2-6H,1H3,(H,13,15). The Morgan fingerprint density at radius 1 is 1.38 bits per heavy atom. The summed E-state index contributed by atoms with van der Waals surface area (Å²) in [6.07, 6.45) is 1.44. The second kappa shape index (κ2) is 4.49. The first-order valence-electron chi connectivity index (χ1n) is 4.65. The van der Waals surface area contributed by atoms with Crippen molar-refractivity contribution in [3.63, 3.8) is 0 Å². The van der Waals surface area contributed by atoms with Gasteiger partial charge in [0.15, 0.2) is 5.69 Å². The lowest BCUT2D eigenvalue weighted by atomic mass is 10.2. The Bertz CT molecular complexity index is 505. The smallest absolute Gasteiger partial charge is 0.278 e. The second-order valence-corrected chi connectivity index (χ2v) is 4.22. The van der Waals surface area contributed by atoms with E-state index in [-0.39, 0.29) is 5.91 Å². The molecule has 0 aliphatic rings. The molecular formula is C11H9BrN2O2. The Morgan fingerprint density at radius 2 is 2.06 bits per heavy atom. The molecule has 1 aromatic heterocycles. The van der Waals surface area contributed by atoms with Crippen molar-refractivity contribution in [3.05, 3.63) is 46.3 Å². The molecule has 0 aliphatic carbocycles. The Morgan fingerprint density at radius 3 is 2.62 bits per heavy atom. The molecule has 1 amide bonds. The highest BCUT2D eigenvalue weighted by Crippen LogP contribution is 2.15. The fraction of sp³-hybridized carbons (Fsp3) is 0.0909. The maximum atomic E-state index is 11.7. The van der Waals surface area contributed by atoms with E-state index in [0.29, 0.717) is 5.69 Å². The van der Waals surface area contributed by atoms with Crippen LogP contribution in [-0.4, -0.2) is 11.1 Å². The Labute approximate surface area is 101 Å². The first-order chi connectivity index (χ1) is 7.66. The molecule has 82 valence electrons. The highest BCUT2D eigenvalue weighted by molar-refractivity contribution is 9.10. The Kier molecular flexibility index (Phi) is 3.05. The van der Waals surface area contributed by atoms with Gasteiger partial charge in [-0.15, -0.1) is 0 Å². The van der Waals surface area contributed by atoms with Crippen LogP contribution in [0.4, 0.5) is 5.69 Å². The van der Waals surface area contributed by atoms with Crippen LogP contribution in [0, 0.1) is 6.92 Å². The van der Waals surface area contributed by atoms with E-state index in [9.17, 15) is 4.79 Å². The van der Waals surface area contributed by atoms with Crippen molar-refractivity contribution >= 4 is 27.5 Å². The third kappa shape index (κ3) is 2.30. The lowest BCUT2D eigenvalue weighted by molar-refractivity contribution is 0.101. The Balaban J connectivity index is 2.14. The van der Waals surface area contributed by atoms with Crippen LogP contribution in [0.3, 0.4) is 0 Å². The van der Waals surface area contributed by atoms with Crippen molar-refractivity contribution in [1.29, 1.82) is 0 Å². The van der Waals surface area contributed by atoms with Crippen LogP contribution < -0.4 is 5.32 Å². The van der Waals surface area contributed by atoms with Crippen molar-refractivity contribution in [2.75, 3.05) is 5.32 Å². The minimum Gasteiger partial charge on any atom is -0.364 e. The number of amides is 1. The zero-order chi connectivity index (χ0) is 11.5. The predicted molar refractivity (Wildman–Crippen MR) is 63.3 cm³/mol. The van der Waals surface area contributed by atoms with E-state index in [2.05, 4.69) is 26.4 Å². The van der Waals surface area contributed by atoms with Gasteiger partial charge in [-0.2, -0.15) is 0 Å². The van der Waals surface area contributed by atoms with Gasteiger partial charge in [0, 0.05) is 15.7 Å². The van der Waals surface area contributed by atoms with Gasteiger partial charge in [-0.1, -0.05) is 21.1 Å². The molecular weight excluding hydrogens is 272 g/mol. The largest absolute Gasteiger partial charge is 0.364 e. The van der Waals surface area contributed by atoms with E-state index in [0.717, 1.165) is 15.7 Å². The minimum absolute atomic E-state index is 0.270. The first-order valence-corrected chi connectivity index (χ1v) is 5.44. The molecule has 1 aromatic carbocycles. The fourth-order valence-corrected chi connectivity index (χ4v) is 1.49. The van der Waals surface area contributed by atoms with Crippen LogP contribution in [0.5, 0.6) is 0 Å². The molecule has 0 aliphatic heterocycles. The summed E-state index contributed by atoms with van der Waals surface area (Å²) in [7, 11) is 0. The predicted octanol–water partition coefficient (Wildman–Crippen LogP) is 3.00. The molecule has 16 heavy (non-hydrogen) atoms. The van der Waals surface area contributed by atoms with Gasteiger partial charge in [-0.3, -0.25) is 4.79 Å². The lowest BCUT2D eigenvalue weighted by Crippen LogP contribution is -2.13. The molecule has 4 nitrogen and oxygen atoms in total. The van der Waals surface area contributed by atoms with Gasteiger partial charge >= 0.3 is 0 Å². The summed E-state index contributed by atoms with van der Waals surface area (Å²) in [4.78, 5) is 11.7. The molecule has 0 saturated heterocycles. The maximum Gasteiger partial charge on any atom is 0.278 e. The molecule has 2 rings (SSSR count). The van der Waals surface area contributed by atoms with Gasteiger partial charge in [0.1, 0.15) is 6.26 Å². The molecule has 0 spiro atoms. The highest BCUT2D eigenvalue weighted by Gasteiger charge is 2.13. The van der Waals surface area contributed by atoms with Gasteiger partial charge in [0.2, 0.25) is 0 Å². The van der Waals surface area contributed by atoms with Crippen molar-refractivity contribution in [2.45, 2.75) is 6.92 Å². The monoisotopic (exact) mass is 280 g/mol. The van der Waals surface area contributed by atoms with Crippen molar-refractivity contribution in [3.8, 4) is 0 Å². The average Bonchev–Trinajstić information content (AvgIpc) is 2.68. The van der Waals surface area contributed by atoms with Gasteiger partial charge in [-0.05, 0) is 31.2 Å². The zero-order valence-electron chi connectivity index (χ0n) is 8.53. The molecule has 2 aromatic rings. The second-order valence-electron chi connectivity index (χ2n) is 3.31. The molecule has 0 atom stereocenters. The molecule has 0 radical (unpaired) electrons. The summed E-state index contributed by atoms with van der Waals surface area (Å²) >= 11 is 3.32. The summed E-state index contributed by atoms with van der Waals surface area (Å²) in [6, 6.07) is 7.31. The number of anilines is 1. The van der Waals surface area contributed by atoms with E-state index in [1.54, 1.807) is 19.1 Å². The normalized spacial score (nSPS) is 10.1. The number of nitrogens with zero attached hydrogens (tertiary/aromatic N) is 1. The van der Waals surface area contributed by atoms with E-state index < -0.39 is 0 Å². The highest BCUT2D eigenvalue weighted by atomic mass is 79.9. The van der Waals surface area contributed by atoms with Crippen LogP contribution in [0.15, 0.2) is 39.5 Å². The molecule has 0 bridgehead atoms. The number of rotatable bonds is 2. The molecule has 5 heteroatoms. The number of carbonyl (C=O) groups is 1. The van der Waals surface area contributed by atoms with E-state index in [1.807, 2.05) is 12.1 Å². The number of halogens is 1. The molecule has 0 saturated carbocycles. The van der Waals surface area contributed by atoms with Crippen LogP contribution >= 0.6 is 15.9 Å². The van der Waals surface area contributed by atoms with Crippen molar-refractivity contribution in [1.82, 2.24) is 5.16 Å². The molecule has 1 N–H and O–H groups in total. The van der Waals surface area contributed by atoms with Crippen LogP contribution in [-0.2, 0) is 0 Å². The van der Waals surface area contributed by atoms with E-state index >= 15 is 0 Å². The maximum absolute atomic E-state index is 11.7. The van der Waals surface area contributed by atoms with Gasteiger partial charge in [-0.25, -0.2) is 0 Å². The summed E-state index contributed by atoms with van der Waals surface area (Å²) < 4.78 is 5.67. The molecule has 0 unspecified atom stereocenters. The van der Waals surface area contributed by atoms with Crippen LogP contribution in [0.25, 0.3) is 0 Å². The number of benzene rings is 1. The van der Waals surface area contributed by atoms with Gasteiger partial charge in [0.05, 0.1) is 0 Å². The first kappa shape index (κ1) is 10.9. The lowest BCUT2D eigenvalue weighted by Gasteiger charge is -2.02. The van der Waals surface area contributed by atoms with Gasteiger partial charge in [0.25, 0.3) is 5.91 Å². The van der Waals surface area contributed by atoms with E-state index in [4.69, 9.17) is 4.52 Å². The van der Waals surface area contributed by atoms with Gasteiger partial charge < -0.3 is 9.84 Å². The fourth-order valence-electron chi connectivity index (χ4n) is 1.23. The number of aromatic nitrogens is 1. The summed E-state index contributed by atoms with van der Waals surface area (Å²) in [5.41, 5.74) is 1.74. The van der Waals surface area contributed by atoms with Crippen LogP contribution in [0.1, 0.15) is 16.1 Å². The summed E-state index contributed by atoms with van der Waals surface area (Å²) in [6.45, 7) is 1.77. The van der Waals surface area contributed by atoms with E-state index in [1.165, 1.54) is 6.26 Å². The summed E-state index contributed by atoms with van der Waals surface area (Å²) in [5.74, 6) is -0.270. The number of carbonyl (C=O) groups excluding carboxylic acids is 1. The Hall–Kier alpha value is -1.62. The zero-order valence-corrected chi connectivity index (χ0v) is 10.1. The topological polar surface area (TPSA) is 55.1 Å². The molecule has 0 fully saturated rings. The summed E-state index contributed by atoms with van der Waals surface area (Å²) in [5, 5.41) is 6.36. The number of nitrogens with one attached hydrogen (secondary N) is 1. The average molecular weight is 281 g/mol. The van der Waals surface area contributed by atoms with Crippen LogP contribution in [0.2, 0.25) is 0 Å². The third-order valence-corrected chi connectivity index (χ3v) is 2.59. The minimum atomic E-state index is -0.270. The number of hydrogen-bond acceptors (Lipinski definition) is 3. The SMILES string of the molecule is Cc1conc1C(=O)Nc1ccc(Br)cc1. The third-order valence-electron chi connectivity index (χ3n) is 2.06. The number of aryl methyl sites for hydroxylation is 1. The molecule has 1 heterocycles. The van der Waals surface area contributed by atoms with Crippen molar-refractivity contribution in [2.24, 2.45) is 0 Å².